The molecule has 0 aliphatic carbocycles. The van der Waals surface area contributed by atoms with Crippen LogP contribution in [0.15, 0.2) is 60.8 Å². The lowest BCUT2D eigenvalue weighted by Crippen LogP contribution is -2.02. The van der Waals surface area contributed by atoms with Gasteiger partial charge in [0, 0.05) is 18.3 Å². The second kappa shape index (κ2) is 5.54. The van der Waals surface area contributed by atoms with Crippen molar-refractivity contribution in [2.45, 2.75) is 13.0 Å². The van der Waals surface area contributed by atoms with Gasteiger partial charge in [-0.25, -0.2) is 0 Å². The van der Waals surface area contributed by atoms with E-state index < -0.39 is 6.10 Å². The highest BCUT2D eigenvalue weighted by Crippen LogP contribution is 2.26. The molecule has 21 heavy (non-hydrogen) atoms. The number of aliphatic hydroxyl groups excluding tert-OH is 1. The normalized spacial score (nSPS) is 12.3. The molecule has 0 radical (unpaired) electrons. The van der Waals surface area contributed by atoms with E-state index in [1.807, 2.05) is 56.4 Å². The van der Waals surface area contributed by atoms with Crippen molar-refractivity contribution in [3.05, 3.63) is 77.6 Å². The maximum atomic E-state index is 10.5. The first-order valence-corrected chi connectivity index (χ1v) is 6.99. The van der Waals surface area contributed by atoms with Gasteiger partial charge in [-0.05, 0) is 23.6 Å². The Morgan fingerprint density at radius 3 is 2.14 bits per heavy atom. The summed E-state index contributed by atoms with van der Waals surface area (Å²) in [4.78, 5) is 0. The summed E-state index contributed by atoms with van der Waals surface area (Å²) in [7, 11) is 1.88. The Bertz CT molecular complexity index is 730. The van der Waals surface area contributed by atoms with Crippen molar-refractivity contribution < 1.29 is 5.11 Å². The van der Waals surface area contributed by atoms with Gasteiger partial charge in [0.25, 0.3) is 0 Å². The molecule has 1 atom stereocenters. The van der Waals surface area contributed by atoms with Crippen molar-refractivity contribution in [2.24, 2.45) is 7.05 Å². The Kier molecular flexibility index (Phi) is 3.59. The molecule has 2 aromatic carbocycles. The van der Waals surface area contributed by atoms with E-state index in [0.717, 1.165) is 22.4 Å². The molecule has 0 spiro atoms. The highest BCUT2D eigenvalue weighted by atomic mass is 16.3. The van der Waals surface area contributed by atoms with Gasteiger partial charge in [0.15, 0.2) is 0 Å². The lowest BCUT2D eigenvalue weighted by molar-refractivity contribution is 0.219. The Balaban J connectivity index is 1.89. The molecule has 1 aromatic heterocycles. The molecule has 3 rings (SSSR count). The number of benzene rings is 2. The van der Waals surface area contributed by atoms with Crippen molar-refractivity contribution in [1.29, 1.82) is 0 Å². The van der Waals surface area contributed by atoms with Crippen molar-refractivity contribution in [1.82, 2.24) is 9.78 Å². The van der Waals surface area contributed by atoms with E-state index in [1.54, 1.807) is 10.9 Å². The molecule has 1 heterocycles. The van der Waals surface area contributed by atoms with E-state index in [0.29, 0.717) is 0 Å². The van der Waals surface area contributed by atoms with Crippen LogP contribution in [-0.4, -0.2) is 14.9 Å². The van der Waals surface area contributed by atoms with Gasteiger partial charge >= 0.3 is 0 Å². The van der Waals surface area contributed by atoms with Gasteiger partial charge in [-0.15, -0.1) is 0 Å². The average molecular weight is 278 g/mol. The number of hydrogen-bond acceptors (Lipinski definition) is 2. The third kappa shape index (κ3) is 2.60. The standard InChI is InChI=1S/C18H18N2O/c1-13-17(12-19-20(13)2)18(21)16-10-8-15(9-11-16)14-6-4-3-5-7-14/h3-12,18,21H,1-2H3. The lowest BCUT2D eigenvalue weighted by Gasteiger charge is -2.11. The summed E-state index contributed by atoms with van der Waals surface area (Å²) in [6.07, 6.45) is 1.09. The van der Waals surface area contributed by atoms with Gasteiger partial charge < -0.3 is 5.11 Å². The van der Waals surface area contributed by atoms with Gasteiger partial charge in [0.1, 0.15) is 6.10 Å². The number of aliphatic hydroxyl groups is 1. The van der Waals surface area contributed by atoms with Crippen LogP contribution in [0.2, 0.25) is 0 Å². The van der Waals surface area contributed by atoms with Crippen LogP contribution in [0.3, 0.4) is 0 Å². The Labute approximate surface area is 124 Å². The lowest BCUT2D eigenvalue weighted by atomic mass is 9.99. The van der Waals surface area contributed by atoms with E-state index in [4.69, 9.17) is 0 Å². The molecule has 0 aliphatic rings. The van der Waals surface area contributed by atoms with Gasteiger partial charge in [-0.3, -0.25) is 4.68 Å². The summed E-state index contributed by atoms with van der Waals surface area (Å²) in [5.41, 5.74) is 5.04. The fourth-order valence-electron chi connectivity index (χ4n) is 2.45. The van der Waals surface area contributed by atoms with E-state index in [1.165, 1.54) is 5.56 Å². The van der Waals surface area contributed by atoms with Crippen LogP contribution in [0, 0.1) is 6.92 Å². The maximum Gasteiger partial charge on any atom is 0.107 e. The van der Waals surface area contributed by atoms with Gasteiger partial charge in [-0.1, -0.05) is 54.6 Å². The number of aromatic nitrogens is 2. The summed E-state index contributed by atoms with van der Waals surface area (Å²) in [6, 6.07) is 18.2. The molecule has 3 aromatic rings. The molecule has 0 aliphatic heterocycles. The van der Waals surface area contributed by atoms with Gasteiger partial charge in [0.2, 0.25) is 0 Å². The van der Waals surface area contributed by atoms with Crippen LogP contribution >= 0.6 is 0 Å². The van der Waals surface area contributed by atoms with E-state index in [-0.39, 0.29) is 0 Å². The van der Waals surface area contributed by atoms with E-state index >= 15 is 0 Å². The quantitative estimate of drug-likeness (QED) is 0.796. The van der Waals surface area contributed by atoms with Crippen LogP contribution in [0.25, 0.3) is 11.1 Å². The third-order valence-electron chi connectivity index (χ3n) is 3.90. The Hall–Kier alpha value is -2.39. The van der Waals surface area contributed by atoms with Crippen molar-refractivity contribution in [3.63, 3.8) is 0 Å². The summed E-state index contributed by atoms with van der Waals surface area (Å²) >= 11 is 0. The molecule has 0 bridgehead atoms. The first-order chi connectivity index (χ1) is 10.2. The monoisotopic (exact) mass is 278 g/mol. The molecule has 0 saturated carbocycles. The van der Waals surface area contributed by atoms with E-state index in [2.05, 4.69) is 17.2 Å². The average Bonchev–Trinajstić information content (AvgIpc) is 2.87. The predicted molar refractivity (Wildman–Crippen MR) is 83.9 cm³/mol. The van der Waals surface area contributed by atoms with Crippen LogP contribution in [-0.2, 0) is 7.05 Å². The van der Waals surface area contributed by atoms with Crippen molar-refractivity contribution >= 4 is 0 Å². The second-order valence-corrected chi connectivity index (χ2v) is 5.20. The zero-order valence-corrected chi connectivity index (χ0v) is 12.2. The minimum absolute atomic E-state index is 0.636. The zero-order valence-electron chi connectivity index (χ0n) is 12.2. The maximum absolute atomic E-state index is 10.5. The number of aryl methyl sites for hydroxylation is 1. The fraction of sp³-hybridized carbons (Fsp3) is 0.167. The highest BCUT2D eigenvalue weighted by molar-refractivity contribution is 5.63. The zero-order chi connectivity index (χ0) is 14.8. The van der Waals surface area contributed by atoms with Gasteiger partial charge in [-0.2, -0.15) is 5.10 Å². The van der Waals surface area contributed by atoms with Crippen LogP contribution in [0.5, 0.6) is 0 Å². The minimum atomic E-state index is -0.636. The largest absolute Gasteiger partial charge is 0.384 e. The summed E-state index contributed by atoms with van der Waals surface area (Å²) < 4.78 is 1.77. The second-order valence-electron chi connectivity index (χ2n) is 5.20. The Morgan fingerprint density at radius 2 is 1.57 bits per heavy atom. The topological polar surface area (TPSA) is 38.1 Å². The molecule has 1 unspecified atom stereocenters. The van der Waals surface area contributed by atoms with Crippen molar-refractivity contribution in [2.75, 3.05) is 0 Å². The number of hydrogen-bond donors (Lipinski definition) is 1. The molecule has 0 amide bonds. The molecular formula is C18H18N2O. The van der Waals surface area contributed by atoms with Gasteiger partial charge in [0.05, 0.1) is 6.20 Å². The molecule has 1 N–H and O–H groups in total. The first kappa shape index (κ1) is 13.6. The van der Waals surface area contributed by atoms with Crippen LogP contribution in [0.4, 0.5) is 0 Å². The van der Waals surface area contributed by atoms with Crippen molar-refractivity contribution in [3.8, 4) is 11.1 Å². The van der Waals surface area contributed by atoms with E-state index in [9.17, 15) is 5.11 Å². The smallest absolute Gasteiger partial charge is 0.107 e. The molecule has 3 heteroatoms. The summed E-state index contributed by atoms with van der Waals surface area (Å²) in [6.45, 7) is 1.96. The molecule has 0 fully saturated rings. The molecule has 3 nitrogen and oxygen atoms in total. The highest BCUT2D eigenvalue weighted by Gasteiger charge is 2.15. The van der Waals surface area contributed by atoms with Crippen LogP contribution < -0.4 is 0 Å². The number of rotatable bonds is 3. The summed E-state index contributed by atoms with van der Waals surface area (Å²) in [5.74, 6) is 0. The summed E-state index contributed by atoms with van der Waals surface area (Å²) in [5, 5.41) is 14.7. The SMILES string of the molecule is Cc1c(C(O)c2ccc(-c3ccccc3)cc2)cnn1C. The third-order valence-corrected chi connectivity index (χ3v) is 3.90. The fourth-order valence-corrected chi connectivity index (χ4v) is 2.45. The first-order valence-electron chi connectivity index (χ1n) is 6.99. The number of nitrogens with zero attached hydrogens (tertiary/aromatic N) is 2. The minimum Gasteiger partial charge on any atom is -0.384 e. The predicted octanol–water partition coefficient (Wildman–Crippen LogP) is 3.48. The molecule has 0 saturated heterocycles. The molecule has 106 valence electrons. The Morgan fingerprint density at radius 1 is 0.952 bits per heavy atom. The molecular weight excluding hydrogens is 260 g/mol. The van der Waals surface area contributed by atoms with Crippen LogP contribution in [0.1, 0.15) is 22.9 Å².